The van der Waals surface area contributed by atoms with Gasteiger partial charge < -0.3 is 15.5 Å². The first-order chi connectivity index (χ1) is 25.2. The number of hydrogen-bond acceptors (Lipinski definition) is 5. The molecule has 8 heteroatoms. The Hall–Kier alpha value is -1.74. The molecule has 1 amide bonds. The van der Waals surface area contributed by atoms with Gasteiger partial charge in [0.15, 0.2) is 0 Å². The van der Waals surface area contributed by atoms with Gasteiger partial charge in [-0.1, -0.05) is 184 Å². The highest BCUT2D eigenvalue weighted by Gasteiger charge is 2.27. The zero-order chi connectivity index (χ0) is 38.4. The molecule has 0 bridgehead atoms. The maximum atomic E-state index is 12.6. The molecule has 0 aliphatic heterocycles. The SMILES string of the molecule is CCCCCCCCC/C=C/CC/C=C/C(O)C(CS(=O)(=O)O)NC(=O)C(O)CCCCCCCC/C=C\C/C=C\CCCCCCCCCCC. The Morgan fingerprint density at radius 3 is 1.38 bits per heavy atom. The van der Waals surface area contributed by atoms with E-state index in [9.17, 15) is 28.0 Å². The van der Waals surface area contributed by atoms with Crippen molar-refractivity contribution in [2.75, 3.05) is 5.75 Å². The summed E-state index contributed by atoms with van der Waals surface area (Å²) in [5.74, 6) is -1.57. The number of rotatable bonds is 38. The van der Waals surface area contributed by atoms with Gasteiger partial charge in [0.25, 0.3) is 10.1 Å². The molecule has 0 aromatic carbocycles. The van der Waals surface area contributed by atoms with Crippen LogP contribution in [0.25, 0.3) is 0 Å². The van der Waals surface area contributed by atoms with Gasteiger partial charge in [-0.05, 0) is 64.2 Å². The first-order valence-corrected chi connectivity index (χ1v) is 23.1. The van der Waals surface area contributed by atoms with E-state index in [-0.39, 0.29) is 6.42 Å². The van der Waals surface area contributed by atoms with Crippen LogP contribution >= 0.6 is 0 Å². The summed E-state index contributed by atoms with van der Waals surface area (Å²) in [6.07, 6.45) is 47.4. The average molecular weight is 752 g/mol. The molecule has 0 saturated heterocycles. The van der Waals surface area contributed by atoms with E-state index in [4.69, 9.17) is 0 Å². The molecule has 0 fully saturated rings. The summed E-state index contributed by atoms with van der Waals surface area (Å²) < 4.78 is 32.5. The lowest BCUT2D eigenvalue weighted by Crippen LogP contribution is -2.50. The molecule has 0 aliphatic rings. The fourth-order valence-electron chi connectivity index (χ4n) is 6.27. The molecule has 3 atom stereocenters. The summed E-state index contributed by atoms with van der Waals surface area (Å²) in [5.41, 5.74) is 0. The van der Waals surface area contributed by atoms with Gasteiger partial charge in [-0.15, -0.1) is 0 Å². The van der Waals surface area contributed by atoms with E-state index in [1.165, 1.54) is 115 Å². The number of unbranched alkanes of at least 4 members (excludes halogenated alkanes) is 23. The summed E-state index contributed by atoms with van der Waals surface area (Å²) in [5, 5.41) is 23.4. The van der Waals surface area contributed by atoms with Crippen molar-refractivity contribution in [3.05, 3.63) is 48.6 Å². The van der Waals surface area contributed by atoms with Crippen LogP contribution < -0.4 is 5.32 Å². The van der Waals surface area contributed by atoms with Crippen LogP contribution in [0.5, 0.6) is 0 Å². The lowest BCUT2D eigenvalue weighted by atomic mass is 10.0. The Bertz CT molecular complexity index is 1020. The van der Waals surface area contributed by atoms with Crippen molar-refractivity contribution in [1.29, 1.82) is 0 Å². The Balaban J connectivity index is 4.03. The number of amides is 1. The zero-order valence-electron chi connectivity index (χ0n) is 33.5. The third-order valence-corrected chi connectivity index (χ3v) is 10.4. The molecule has 0 aliphatic carbocycles. The maximum absolute atomic E-state index is 12.6. The first-order valence-electron chi connectivity index (χ1n) is 21.4. The molecule has 3 unspecified atom stereocenters. The highest BCUT2D eigenvalue weighted by molar-refractivity contribution is 7.85. The largest absolute Gasteiger partial charge is 0.387 e. The number of allylic oxidation sites excluding steroid dienone is 7. The topological polar surface area (TPSA) is 124 Å². The Morgan fingerprint density at radius 2 is 0.923 bits per heavy atom. The van der Waals surface area contributed by atoms with E-state index >= 15 is 0 Å². The molecule has 7 nitrogen and oxygen atoms in total. The van der Waals surface area contributed by atoms with E-state index in [1.807, 2.05) is 0 Å². The van der Waals surface area contributed by atoms with Crippen LogP contribution in [0.2, 0.25) is 0 Å². The second kappa shape index (κ2) is 37.6. The fraction of sp³-hybridized carbons (Fsp3) is 0.795. The van der Waals surface area contributed by atoms with Crippen LogP contribution in [0.3, 0.4) is 0 Å². The fourth-order valence-corrected chi connectivity index (χ4v) is 7.00. The van der Waals surface area contributed by atoms with Crippen molar-refractivity contribution in [1.82, 2.24) is 5.32 Å². The summed E-state index contributed by atoms with van der Waals surface area (Å²) in [6.45, 7) is 4.49. The standard InChI is InChI=1S/C44H81NO6S/c1-3-5-7-9-11-13-15-17-18-19-20-21-22-23-24-25-27-29-31-33-35-37-39-43(47)44(48)45-41(40-52(49,50)51)42(46)38-36-34-32-30-28-26-16-14-12-10-8-6-4-2/h20-21,23-24,28,30,36,38,41-43,46-47H,3-19,22,25-27,29,31-35,37,39-40H2,1-2H3,(H,45,48)(H,49,50,51)/b21-20-,24-23-,30-28+,38-36+. The minimum Gasteiger partial charge on any atom is -0.387 e. The van der Waals surface area contributed by atoms with Gasteiger partial charge >= 0.3 is 0 Å². The molecular formula is C44H81NO6S. The predicted molar refractivity (Wildman–Crippen MR) is 222 cm³/mol. The minimum atomic E-state index is -4.45. The Morgan fingerprint density at radius 1 is 0.538 bits per heavy atom. The van der Waals surface area contributed by atoms with Gasteiger partial charge in [0.2, 0.25) is 5.91 Å². The van der Waals surface area contributed by atoms with E-state index in [0.717, 1.165) is 57.8 Å². The van der Waals surface area contributed by atoms with Crippen LogP contribution in [0, 0.1) is 0 Å². The van der Waals surface area contributed by atoms with Gasteiger partial charge in [0.1, 0.15) is 6.10 Å². The molecule has 0 saturated carbocycles. The quantitative estimate of drug-likeness (QED) is 0.0283. The Labute approximate surface area is 321 Å². The third-order valence-electron chi connectivity index (χ3n) is 9.59. The highest BCUT2D eigenvalue weighted by Crippen LogP contribution is 2.13. The summed E-state index contributed by atoms with van der Waals surface area (Å²) in [6, 6.07) is -1.25. The monoisotopic (exact) mass is 752 g/mol. The van der Waals surface area contributed by atoms with E-state index in [1.54, 1.807) is 6.08 Å². The van der Waals surface area contributed by atoms with Crippen LogP contribution in [-0.4, -0.2) is 53.1 Å². The predicted octanol–water partition coefficient (Wildman–Crippen LogP) is 11.7. The minimum absolute atomic E-state index is 0.261. The van der Waals surface area contributed by atoms with Crippen LogP contribution in [0.15, 0.2) is 48.6 Å². The van der Waals surface area contributed by atoms with Gasteiger partial charge in [-0.2, -0.15) is 8.42 Å². The van der Waals surface area contributed by atoms with E-state index in [0.29, 0.717) is 12.8 Å². The third kappa shape index (κ3) is 36.6. The van der Waals surface area contributed by atoms with E-state index in [2.05, 4.69) is 55.6 Å². The number of hydrogen-bond donors (Lipinski definition) is 4. The van der Waals surface area contributed by atoms with Gasteiger partial charge in [-0.3, -0.25) is 9.35 Å². The molecule has 0 rings (SSSR count). The number of aliphatic hydroxyl groups is 2. The molecule has 0 spiro atoms. The van der Waals surface area contributed by atoms with Crippen LogP contribution in [0.4, 0.5) is 0 Å². The maximum Gasteiger partial charge on any atom is 0.267 e. The molecular weight excluding hydrogens is 671 g/mol. The van der Waals surface area contributed by atoms with Gasteiger partial charge in [-0.25, -0.2) is 0 Å². The Kier molecular flexibility index (Phi) is 36.3. The van der Waals surface area contributed by atoms with Crippen LogP contribution in [0.1, 0.15) is 200 Å². The van der Waals surface area contributed by atoms with E-state index < -0.39 is 40.0 Å². The number of nitrogens with one attached hydrogen (secondary N) is 1. The summed E-state index contributed by atoms with van der Waals surface area (Å²) >= 11 is 0. The number of carbonyl (C=O) groups is 1. The molecule has 4 N–H and O–H groups in total. The molecule has 304 valence electrons. The highest BCUT2D eigenvalue weighted by atomic mass is 32.2. The smallest absolute Gasteiger partial charge is 0.267 e. The number of carbonyl (C=O) groups excluding carboxylic acids is 1. The second-order valence-electron chi connectivity index (χ2n) is 14.8. The van der Waals surface area contributed by atoms with Crippen molar-refractivity contribution >= 4 is 16.0 Å². The molecule has 0 aromatic heterocycles. The molecule has 0 heterocycles. The second-order valence-corrected chi connectivity index (χ2v) is 16.2. The summed E-state index contributed by atoms with van der Waals surface area (Å²) in [4.78, 5) is 12.6. The molecule has 0 radical (unpaired) electrons. The summed E-state index contributed by atoms with van der Waals surface area (Å²) in [7, 11) is -4.45. The lowest BCUT2D eigenvalue weighted by molar-refractivity contribution is -0.130. The molecule has 0 aromatic rings. The lowest BCUT2D eigenvalue weighted by Gasteiger charge is -2.22. The van der Waals surface area contributed by atoms with Crippen molar-refractivity contribution in [2.24, 2.45) is 0 Å². The first kappa shape index (κ1) is 50.3. The van der Waals surface area contributed by atoms with Crippen molar-refractivity contribution < 1.29 is 28.0 Å². The van der Waals surface area contributed by atoms with Gasteiger partial charge in [0, 0.05) is 0 Å². The normalized spacial score (nSPS) is 14.3. The van der Waals surface area contributed by atoms with Crippen molar-refractivity contribution in [3.63, 3.8) is 0 Å². The molecule has 52 heavy (non-hydrogen) atoms. The zero-order valence-corrected chi connectivity index (χ0v) is 34.4. The van der Waals surface area contributed by atoms with Gasteiger partial charge in [0.05, 0.1) is 17.9 Å². The number of aliphatic hydroxyl groups excluding tert-OH is 2. The average Bonchev–Trinajstić information content (AvgIpc) is 3.11. The van der Waals surface area contributed by atoms with Crippen LogP contribution in [-0.2, 0) is 14.9 Å². The van der Waals surface area contributed by atoms with Crippen molar-refractivity contribution in [3.8, 4) is 0 Å². The van der Waals surface area contributed by atoms with Crippen molar-refractivity contribution in [2.45, 2.75) is 218 Å².